The van der Waals surface area contributed by atoms with Gasteiger partial charge >= 0.3 is 0 Å². The molecular formula is C28H52N+. The van der Waals surface area contributed by atoms with E-state index in [9.17, 15) is 0 Å². The monoisotopic (exact) mass is 402 g/mol. The van der Waals surface area contributed by atoms with Gasteiger partial charge in [0.05, 0.1) is 0 Å². The molecule has 0 aliphatic rings. The highest BCUT2D eigenvalue weighted by atomic mass is 14.9. The summed E-state index contributed by atoms with van der Waals surface area (Å²) in [7, 11) is 0. The molecule has 1 aromatic heterocycles. The van der Waals surface area contributed by atoms with E-state index in [4.69, 9.17) is 0 Å². The molecule has 0 spiro atoms. The zero-order chi connectivity index (χ0) is 21.0. The lowest BCUT2D eigenvalue weighted by molar-refractivity contribution is -0.697. The summed E-state index contributed by atoms with van der Waals surface area (Å²) in [5.74, 6) is 0.963. The number of aromatic nitrogens is 1. The Morgan fingerprint density at radius 1 is 0.655 bits per heavy atom. The first-order chi connectivity index (χ1) is 14.3. The number of pyridine rings is 1. The van der Waals surface area contributed by atoms with Crippen molar-refractivity contribution in [3.05, 3.63) is 30.1 Å². The van der Waals surface area contributed by atoms with E-state index >= 15 is 0 Å². The smallest absolute Gasteiger partial charge is 0.171 e. The summed E-state index contributed by atoms with van der Waals surface area (Å²) in [6.07, 6.45) is 29.9. The minimum absolute atomic E-state index is 0.963. The van der Waals surface area contributed by atoms with Gasteiger partial charge < -0.3 is 0 Å². The van der Waals surface area contributed by atoms with Crippen molar-refractivity contribution < 1.29 is 4.57 Å². The van der Waals surface area contributed by atoms with Crippen LogP contribution in [0.15, 0.2) is 24.5 Å². The van der Waals surface area contributed by atoms with E-state index in [0.717, 1.165) is 5.92 Å². The zero-order valence-electron chi connectivity index (χ0n) is 20.3. The third-order valence-electron chi connectivity index (χ3n) is 6.45. The molecule has 0 saturated carbocycles. The van der Waals surface area contributed by atoms with E-state index in [2.05, 4.69) is 49.9 Å². The van der Waals surface area contributed by atoms with E-state index < -0.39 is 0 Å². The predicted molar refractivity (Wildman–Crippen MR) is 129 cm³/mol. The number of hydrogen-bond acceptors (Lipinski definition) is 0. The Balaban J connectivity index is 2.30. The van der Waals surface area contributed by atoms with Gasteiger partial charge in [-0.05, 0) is 31.2 Å². The van der Waals surface area contributed by atoms with Crippen LogP contribution in [0.4, 0.5) is 0 Å². The Labute approximate surface area is 183 Å². The van der Waals surface area contributed by atoms with Gasteiger partial charge in [-0.3, -0.25) is 0 Å². The maximum atomic E-state index is 2.44. The second kappa shape index (κ2) is 19.1. The van der Waals surface area contributed by atoms with Crippen LogP contribution in [-0.2, 0) is 13.0 Å². The van der Waals surface area contributed by atoms with Gasteiger partial charge in [0, 0.05) is 18.1 Å². The summed E-state index contributed by atoms with van der Waals surface area (Å²) in [4.78, 5) is 0. The lowest BCUT2D eigenvalue weighted by Crippen LogP contribution is -2.33. The molecule has 0 fully saturated rings. The summed E-state index contributed by atoms with van der Waals surface area (Å²) in [6, 6.07) is 4.55. The van der Waals surface area contributed by atoms with E-state index in [1.165, 1.54) is 128 Å². The van der Waals surface area contributed by atoms with Crippen LogP contribution in [0.2, 0.25) is 0 Å². The van der Waals surface area contributed by atoms with Gasteiger partial charge in [-0.15, -0.1) is 0 Å². The van der Waals surface area contributed by atoms with Crippen molar-refractivity contribution >= 4 is 0 Å². The Hall–Kier alpha value is -0.850. The van der Waals surface area contributed by atoms with Crippen LogP contribution in [0.1, 0.15) is 135 Å². The summed E-state index contributed by atoms with van der Waals surface area (Å²) < 4.78 is 2.44. The normalized spacial score (nSPS) is 12.4. The van der Waals surface area contributed by atoms with Gasteiger partial charge in [-0.2, -0.15) is 0 Å². The maximum absolute atomic E-state index is 2.44. The molecule has 0 aromatic carbocycles. The molecule has 1 heteroatoms. The average molecular weight is 403 g/mol. The molecule has 1 nitrogen and oxygen atoms in total. The molecule has 0 aliphatic carbocycles. The second-order valence-electron chi connectivity index (χ2n) is 9.32. The van der Waals surface area contributed by atoms with Crippen LogP contribution >= 0.6 is 0 Å². The Bertz CT molecular complexity index is 467. The van der Waals surface area contributed by atoms with Crippen molar-refractivity contribution in [2.45, 2.75) is 143 Å². The number of hydrogen-bond donors (Lipinski definition) is 0. The first-order valence-electron chi connectivity index (χ1n) is 13.3. The average Bonchev–Trinajstić information content (AvgIpc) is 2.73. The molecule has 0 amide bonds. The van der Waals surface area contributed by atoms with E-state index in [1.54, 1.807) is 0 Å². The number of rotatable bonds is 20. The molecular weight excluding hydrogens is 350 g/mol. The van der Waals surface area contributed by atoms with Crippen LogP contribution in [0.5, 0.6) is 0 Å². The first-order valence-corrected chi connectivity index (χ1v) is 13.3. The topological polar surface area (TPSA) is 3.88 Å². The SMILES string of the molecule is CCCCCCCCCC(CCCCC)CCC[n+]1cccc(CCCCC)c1. The van der Waals surface area contributed by atoms with Gasteiger partial charge in [0.2, 0.25) is 0 Å². The quantitative estimate of drug-likeness (QED) is 0.151. The third kappa shape index (κ3) is 14.7. The second-order valence-corrected chi connectivity index (χ2v) is 9.32. The fourth-order valence-electron chi connectivity index (χ4n) is 4.51. The van der Waals surface area contributed by atoms with Crippen LogP contribution in [0.3, 0.4) is 0 Å². The van der Waals surface area contributed by atoms with Crippen LogP contribution in [0, 0.1) is 5.92 Å². The van der Waals surface area contributed by atoms with E-state index in [0.29, 0.717) is 0 Å². The molecule has 1 aromatic rings. The zero-order valence-corrected chi connectivity index (χ0v) is 20.3. The van der Waals surface area contributed by atoms with Crippen molar-refractivity contribution in [2.75, 3.05) is 0 Å². The molecule has 168 valence electrons. The van der Waals surface area contributed by atoms with Gasteiger partial charge in [0.25, 0.3) is 0 Å². The van der Waals surface area contributed by atoms with Crippen molar-refractivity contribution in [3.63, 3.8) is 0 Å². The van der Waals surface area contributed by atoms with Crippen LogP contribution in [0.25, 0.3) is 0 Å². The fourth-order valence-corrected chi connectivity index (χ4v) is 4.51. The molecule has 0 N–H and O–H groups in total. The molecule has 0 aliphatic heterocycles. The van der Waals surface area contributed by atoms with E-state index in [-0.39, 0.29) is 0 Å². The standard InChI is InChI=1S/C28H52N/c1-4-7-10-11-12-13-16-20-27(19-14-8-5-2)22-17-24-29-25-18-23-28(26-29)21-15-9-6-3/h18,23,25-27H,4-17,19-22,24H2,1-3H3/q+1. The fraction of sp³-hybridized carbons (Fsp3) is 0.821. The third-order valence-corrected chi connectivity index (χ3v) is 6.45. The molecule has 1 heterocycles. The summed E-state index contributed by atoms with van der Waals surface area (Å²) in [5.41, 5.74) is 1.52. The summed E-state index contributed by atoms with van der Waals surface area (Å²) >= 11 is 0. The van der Waals surface area contributed by atoms with Gasteiger partial charge in [-0.1, -0.05) is 111 Å². The highest BCUT2D eigenvalue weighted by Crippen LogP contribution is 2.23. The van der Waals surface area contributed by atoms with Crippen molar-refractivity contribution in [1.29, 1.82) is 0 Å². The van der Waals surface area contributed by atoms with Crippen LogP contribution in [-0.4, -0.2) is 0 Å². The first kappa shape index (κ1) is 26.2. The van der Waals surface area contributed by atoms with Crippen molar-refractivity contribution in [1.82, 2.24) is 0 Å². The summed E-state index contributed by atoms with van der Waals surface area (Å²) in [6.45, 7) is 8.12. The number of unbranched alkanes of at least 4 members (excludes halogenated alkanes) is 10. The van der Waals surface area contributed by atoms with Gasteiger partial charge in [-0.25, -0.2) is 4.57 Å². The Morgan fingerprint density at radius 2 is 1.21 bits per heavy atom. The Kier molecular flexibility index (Phi) is 17.3. The minimum Gasteiger partial charge on any atom is -0.205 e. The largest absolute Gasteiger partial charge is 0.205 e. The molecule has 0 saturated heterocycles. The highest BCUT2D eigenvalue weighted by Gasteiger charge is 2.11. The molecule has 1 unspecified atom stereocenters. The van der Waals surface area contributed by atoms with Gasteiger partial charge in [0.1, 0.15) is 6.54 Å². The summed E-state index contributed by atoms with van der Waals surface area (Å²) in [5, 5.41) is 0. The minimum atomic E-state index is 0.963. The Morgan fingerprint density at radius 3 is 1.93 bits per heavy atom. The van der Waals surface area contributed by atoms with E-state index in [1.807, 2.05) is 0 Å². The van der Waals surface area contributed by atoms with Crippen molar-refractivity contribution in [3.8, 4) is 0 Å². The number of nitrogens with zero attached hydrogens (tertiary/aromatic N) is 1. The van der Waals surface area contributed by atoms with Crippen LogP contribution < -0.4 is 4.57 Å². The number of aryl methyl sites for hydroxylation is 2. The van der Waals surface area contributed by atoms with Crippen molar-refractivity contribution in [2.24, 2.45) is 5.92 Å². The molecule has 29 heavy (non-hydrogen) atoms. The molecule has 0 bridgehead atoms. The lowest BCUT2D eigenvalue weighted by atomic mass is 9.90. The molecule has 1 atom stereocenters. The van der Waals surface area contributed by atoms with Gasteiger partial charge in [0.15, 0.2) is 12.4 Å². The molecule has 0 radical (unpaired) electrons. The highest BCUT2D eigenvalue weighted by molar-refractivity contribution is 5.05. The lowest BCUT2D eigenvalue weighted by Gasteiger charge is -2.16. The maximum Gasteiger partial charge on any atom is 0.171 e. The molecule has 1 rings (SSSR count). The predicted octanol–water partition coefficient (Wildman–Crippen LogP) is 8.82.